The molecule has 2 saturated heterocycles. The van der Waals surface area contributed by atoms with Crippen LogP contribution in [0.15, 0.2) is 60.7 Å². The van der Waals surface area contributed by atoms with Crippen molar-refractivity contribution in [1.82, 2.24) is 9.80 Å². The summed E-state index contributed by atoms with van der Waals surface area (Å²) in [5, 5.41) is 21.7. The van der Waals surface area contributed by atoms with E-state index in [0.717, 1.165) is 58.8 Å². The van der Waals surface area contributed by atoms with Gasteiger partial charge in [0.25, 0.3) is 0 Å². The second kappa shape index (κ2) is 9.79. The molecule has 0 aromatic heterocycles. The Bertz CT molecular complexity index is 766. The van der Waals surface area contributed by atoms with Crippen LogP contribution in [0.25, 0.3) is 0 Å². The summed E-state index contributed by atoms with van der Waals surface area (Å²) in [4.78, 5) is 9.79. The van der Waals surface area contributed by atoms with E-state index < -0.39 is 12.2 Å². The van der Waals surface area contributed by atoms with Crippen molar-refractivity contribution in [2.75, 3.05) is 62.2 Å². The van der Waals surface area contributed by atoms with E-state index in [9.17, 15) is 10.2 Å². The van der Waals surface area contributed by atoms with E-state index in [4.69, 9.17) is 0 Å². The average Bonchev–Trinajstić information content (AvgIpc) is 2.86. The Morgan fingerprint density at radius 3 is 1.25 bits per heavy atom. The third-order valence-corrected chi connectivity index (χ3v) is 7.66. The molecule has 0 unspecified atom stereocenters. The van der Waals surface area contributed by atoms with Gasteiger partial charge in [0.15, 0.2) is 0 Å². The van der Waals surface area contributed by atoms with Crippen molar-refractivity contribution in [3.63, 3.8) is 0 Å². The van der Waals surface area contributed by atoms with E-state index in [1.807, 2.05) is 0 Å². The molecule has 3 fully saturated rings. The Hall–Kier alpha value is -2.12. The zero-order valence-corrected chi connectivity index (χ0v) is 18.8. The molecule has 2 N–H and O–H groups in total. The van der Waals surface area contributed by atoms with Crippen molar-refractivity contribution in [1.29, 1.82) is 0 Å². The van der Waals surface area contributed by atoms with Crippen molar-refractivity contribution in [3.05, 3.63) is 60.7 Å². The van der Waals surface area contributed by atoms with E-state index >= 15 is 0 Å². The first kappa shape index (κ1) is 21.7. The minimum atomic E-state index is -0.449. The fourth-order valence-corrected chi connectivity index (χ4v) is 5.81. The van der Waals surface area contributed by atoms with Crippen molar-refractivity contribution in [2.45, 2.75) is 37.1 Å². The second-order valence-electron chi connectivity index (χ2n) is 9.46. The van der Waals surface area contributed by atoms with Gasteiger partial charge in [-0.2, -0.15) is 0 Å². The number of benzene rings is 2. The standard InChI is InChI=1S/C26H36N4O2/c31-25-20-26(32)24(30-17-13-28(14-18-30)22-9-5-2-6-10-22)19-23(25)29-15-11-27(12-16-29)21-7-3-1-4-8-21/h1-10,23-26,31-32H,11-20H2/t23-,24-,25-,26-/m1/s1. The molecule has 0 amide bonds. The molecule has 1 aliphatic carbocycles. The lowest BCUT2D eigenvalue weighted by atomic mass is 9.84. The number of aliphatic hydroxyl groups excluding tert-OH is 2. The first-order valence-electron chi connectivity index (χ1n) is 12.1. The number of hydrogen-bond donors (Lipinski definition) is 2. The zero-order chi connectivity index (χ0) is 21.9. The van der Waals surface area contributed by atoms with Gasteiger partial charge in [0.2, 0.25) is 0 Å². The van der Waals surface area contributed by atoms with Gasteiger partial charge >= 0.3 is 0 Å². The van der Waals surface area contributed by atoms with Crippen LogP contribution in [0.5, 0.6) is 0 Å². The predicted octanol–water partition coefficient (Wildman–Crippen LogP) is 1.88. The van der Waals surface area contributed by atoms with Gasteiger partial charge in [0, 0.05) is 82.2 Å². The molecule has 32 heavy (non-hydrogen) atoms. The van der Waals surface area contributed by atoms with Crippen LogP contribution in [0.1, 0.15) is 12.8 Å². The van der Waals surface area contributed by atoms with E-state index in [0.29, 0.717) is 6.42 Å². The molecule has 172 valence electrons. The minimum absolute atomic E-state index is 0.133. The second-order valence-corrected chi connectivity index (χ2v) is 9.46. The Morgan fingerprint density at radius 1 is 0.500 bits per heavy atom. The molecule has 2 aromatic rings. The molecule has 3 aliphatic rings. The molecule has 2 aromatic carbocycles. The highest BCUT2D eigenvalue weighted by Crippen LogP contribution is 2.30. The topological polar surface area (TPSA) is 53.4 Å². The summed E-state index contributed by atoms with van der Waals surface area (Å²) in [6.07, 6.45) is 0.428. The summed E-state index contributed by atoms with van der Waals surface area (Å²) in [6, 6.07) is 21.4. The maximum atomic E-state index is 10.8. The molecule has 2 aliphatic heterocycles. The molecule has 6 nitrogen and oxygen atoms in total. The van der Waals surface area contributed by atoms with E-state index in [2.05, 4.69) is 80.3 Å². The Kier molecular flexibility index (Phi) is 6.64. The van der Waals surface area contributed by atoms with Gasteiger partial charge in [-0.1, -0.05) is 36.4 Å². The summed E-state index contributed by atoms with van der Waals surface area (Å²) in [6.45, 7) is 7.77. The maximum Gasteiger partial charge on any atom is 0.0721 e. The first-order valence-corrected chi connectivity index (χ1v) is 12.1. The van der Waals surface area contributed by atoms with Crippen LogP contribution in [0, 0.1) is 0 Å². The SMILES string of the molecule is O[C@@H]1C[C@@H](O)[C@H](N2CCN(c3ccccc3)CC2)C[C@H]1N1CCN(c2ccccc2)CC1. The van der Waals surface area contributed by atoms with Crippen LogP contribution in [-0.4, -0.2) is 96.7 Å². The van der Waals surface area contributed by atoms with Crippen LogP contribution in [0.3, 0.4) is 0 Å². The van der Waals surface area contributed by atoms with Gasteiger partial charge in [-0.3, -0.25) is 9.80 Å². The van der Waals surface area contributed by atoms with E-state index in [-0.39, 0.29) is 12.1 Å². The molecule has 6 heteroatoms. The molecule has 1 saturated carbocycles. The van der Waals surface area contributed by atoms with Crippen molar-refractivity contribution in [2.24, 2.45) is 0 Å². The Balaban J connectivity index is 1.18. The van der Waals surface area contributed by atoms with Gasteiger partial charge in [0.05, 0.1) is 12.2 Å². The average molecular weight is 437 g/mol. The largest absolute Gasteiger partial charge is 0.391 e. The third-order valence-electron chi connectivity index (χ3n) is 7.66. The Morgan fingerprint density at radius 2 is 0.875 bits per heavy atom. The van der Waals surface area contributed by atoms with Crippen LogP contribution >= 0.6 is 0 Å². The third kappa shape index (κ3) is 4.64. The smallest absolute Gasteiger partial charge is 0.0721 e. The molecule has 5 rings (SSSR count). The van der Waals surface area contributed by atoms with Crippen molar-refractivity contribution < 1.29 is 10.2 Å². The lowest BCUT2D eigenvalue weighted by Gasteiger charge is -2.50. The van der Waals surface area contributed by atoms with Gasteiger partial charge in [0.1, 0.15) is 0 Å². The first-order chi connectivity index (χ1) is 15.7. The molecular formula is C26H36N4O2. The number of nitrogens with zero attached hydrogens (tertiary/aromatic N) is 4. The number of anilines is 2. The van der Waals surface area contributed by atoms with Crippen LogP contribution < -0.4 is 9.80 Å². The number of piperazine rings is 2. The molecule has 0 spiro atoms. The van der Waals surface area contributed by atoms with Crippen molar-refractivity contribution in [3.8, 4) is 0 Å². The zero-order valence-electron chi connectivity index (χ0n) is 18.8. The normalized spacial score (nSPS) is 30.4. The number of hydrogen-bond acceptors (Lipinski definition) is 6. The molecular weight excluding hydrogens is 400 g/mol. The van der Waals surface area contributed by atoms with E-state index in [1.54, 1.807) is 0 Å². The maximum absolute atomic E-state index is 10.8. The summed E-state index contributed by atoms with van der Waals surface area (Å²) >= 11 is 0. The van der Waals surface area contributed by atoms with E-state index in [1.165, 1.54) is 11.4 Å². The number of aliphatic hydroxyl groups is 2. The highest BCUT2D eigenvalue weighted by molar-refractivity contribution is 5.47. The van der Waals surface area contributed by atoms with Gasteiger partial charge in [-0.25, -0.2) is 0 Å². The van der Waals surface area contributed by atoms with Crippen LogP contribution in [0.4, 0.5) is 11.4 Å². The quantitative estimate of drug-likeness (QED) is 0.764. The number of rotatable bonds is 4. The molecule has 2 heterocycles. The molecule has 0 bridgehead atoms. The fraction of sp³-hybridized carbons (Fsp3) is 0.538. The highest BCUT2D eigenvalue weighted by Gasteiger charge is 2.42. The Labute approximate surface area is 191 Å². The molecule has 0 radical (unpaired) electrons. The summed E-state index contributed by atoms with van der Waals surface area (Å²) < 4.78 is 0. The minimum Gasteiger partial charge on any atom is -0.391 e. The van der Waals surface area contributed by atoms with Gasteiger partial charge in [-0.15, -0.1) is 0 Å². The summed E-state index contributed by atoms with van der Waals surface area (Å²) in [7, 11) is 0. The number of para-hydroxylation sites is 2. The van der Waals surface area contributed by atoms with Crippen LogP contribution in [-0.2, 0) is 0 Å². The lowest BCUT2D eigenvalue weighted by Crippen LogP contribution is -2.62. The molecule has 4 atom stereocenters. The summed E-state index contributed by atoms with van der Waals surface area (Å²) in [5.74, 6) is 0. The van der Waals surface area contributed by atoms with Crippen LogP contribution in [0.2, 0.25) is 0 Å². The van der Waals surface area contributed by atoms with Crippen molar-refractivity contribution >= 4 is 11.4 Å². The van der Waals surface area contributed by atoms with Gasteiger partial charge in [-0.05, 0) is 30.7 Å². The van der Waals surface area contributed by atoms with Gasteiger partial charge < -0.3 is 20.0 Å². The predicted molar refractivity (Wildman–Crippen MR) is 129 cm³/mol. The highest BCUT2D eigenvalue weighted by atomic mass is 16.3. The summed E-state index contributed by atoms with van der Waals surface area (Å²) in [5.41, 5.74) is 2.56. The monoisotopic (exact) mass is 436 g/mol. The fourth-order valence-electron chi connectivity index (χ4n) is 5.81. The lowest BCUT2D eigenvalue weighted by molar-refractivity contribution is -0.0741.